The van der Waals surface area contributed by atoms with Gasteiger partial charge in [0.2, 0.25) is 0 Å². The van der Waals surface area contributed by atoms with E-state index in [2.05, 4.69) is 39.5 Å². The quantitative estimate of drug-likeness (QED) is 0.0519. The fraction of sp³-hybridized carbons (Fsp3) is 0.952. The van der Waals surface area contributed by atoms with Crippen molar-refractivity contribution in [1.29, 1.82) is 0 Å². The molecule has 0 atom stereocenters. The Morgan fingerprint density at radius 3 is 1.65 bits per heavy atom. The number of aliphatic hydroxyl groups is 1. The van der Waals surface area contributed by atoms with Gasteiger partial charge < -0.3 is 19.5 Å². The molecule has 0 bridgehead atoms. The summed E-state index contributed by atoms with van der Waals surface area (Å²) in [7, 11) is 0. The molecule has 0 aliphatic carbocycles. The summed E-state index contributed by atoms with van der Waals surface area (Å²) in [6.45, 7) is 15.3. The van der Waals surface area contributed by atoms with Gasteiger partial charge >= 0.3 is 11.9 Å². The van der Waals surface area contributed by atoms with E-state index in [1.54, 1.807) is 0 Å². The maximum absolute atomic E-state index is 12.4. The van der Waals surface area contributed by atoms with Crippen LogP contribution < -0.4 is 0 Å². The lowest BCUT2D eigenvalue weighted by molar-refractivity contribution is -0.147. The Labute approximate surface area is 299 Å². The van der Waals surface area contributed by atoms with Gasteiger partial charge in [-0.05, 0) is 62.9 Å². The number of aliphatic hydroxyl groups excluding tert-OH is 1. The molecule has 0 saturated heterocycles. The minimum atomic E-state index is -0.0333. The van der Waals surface area contributed by atoms with Gasteiger partial charge in [-0.3, -0.25) is 9.59 Å². The molecular formula is C42H83NO5. The van der Waals surface area contributed by atoms with Crippen LogP contribution in [0, 0.1) is 11.3 Å². The van der Waals surface area contributed by atoms with Crippen LogP contribution >= 0.6 is 0 Å². The third-order valence-electron chi connectivity index (χ3n) is 9.91. The summed E-state index contributed by atoms with van der Waals surface area (Å²) in [5, 5.41) is 9.54. The second kappa shape index (κ2) is 34.3. The highest BCUT2D eigenvalue weighted by Crippen LogP contribution is 2.25. The van der Waals surface area contributed by atoms with Crippen molar-refractivity contribution >= 4 is 11.9 Å². The predicted octanol–water partition coefficient (Wildman–Crippen LogP) is 11.6. The van der Waals surface area contributed by atoms with Gasteiger partial charge in [-0.2, -0.15) is 0 Å². The molecule has 1 N–H and O–H groups in total. The first-order valence-corrected chi connectivity index (χ1v) is 20.9. The van der Waals surface area contributed by atoms with Gasteiger partial charge in [0.1, 0.15) is 0 Å². The average Bonchev–Trinajstić information content (AvgIpc) is 3.07. The molecule has 0 aromatic carbocycles. The number of esters is 2. The largest absolute Gasteiger partial charge is 0.466 e. The van der Waals surface area contributed by atoms with Crippen LogP contribution in [0.3, 0.4) is 0 Å². The molecule has 0 heterocycles. The van der Waals surface area contributed by atoms with Gasteiger partial charge in [0.05, 0.1) is 19.8 Å². The Kier molecular flexibility index (Phi) is 33.5. The van der Waals surface area contributed by atoms with Crippen LogP contribution in [-0.2, 0) is 19.1 Å². The lowest BCUT2D eigenvalue weighted by atomic mass is 9.88. The zero-order chi connectivity index (χ0) is 35.6. The summed E-state index contributed by atoms with van der Waals surface area (Å²) < 4.78 is 11.1. The lowest BCUT2D eigenvalue weighted by Crippen LogP contribution is -2.29. The van der Waals surface area contributed by atoms with E-state index in [0.717, 1.165) is 96.2 Å². The van der Waals surface area contributed by atoms with Gasteiger partial charge in [0.15, 0.2) is 0 Å². The normalized spacial score (nSPS) is 11.9. The number of unbranched alkanes of at least 4 members (excludes halogenated alkanes) is 15. The van der Waals surface area contributed by atoms with E-state index in [4.69, 9.17) is 9.47 Å². The van der Waals surface area contributed by atoms with Crippen LogP contribution in [-0.4, -0.2) is 61.4 Å². The van der Waals surface area contributed by atoms with Gasteiger partial charge in [-0.1, -0.05) is 157 Å². The molecule has 0 spiro atoms. The van der Waals surface area contributed by atoms with Crippen molar-refractivity contribution in [3.63, 3.8) is 0 Å². The average molecular weight is 682 g/mol. The molecule has 0 fully saturated rings. The second-order valence-electron chi connectivity index (χ2n) is 15.5. The number of hydrogen-bond donors (Lipinski definition) is 1. The Balaban J connectivity index is 3.88. The van der Waals surface area contributed by atoms with Crippen LogP contribution in [0.1, 0.15) is 208 Å². The molecule has 0 aliphatic heterocycles. The van der Waals surface area contributed by atoms with Crippen LogP contribution in [0.5, 0.6) is 0 Å². The number of rotatable bonds is 37. The maximum Gasteiger partial charge on any atom is 0.305 e. The van der Waals surface area contributed by atoms with E-state index in [1.165, 1.54) is 89.9 Å². The van der Waals surface area contributed by atoms with E-state index >= 15 is 0 Å². The first-order valence-electron chi connectivity index (χ1n) is 20.9. The fourth-order valence-electron chi connectivity index (χ4n) is 6.59. The van der Waals surface area contributed by atoms with Crippen molar-refractivity contribution in [2.24, 2.45) is 11.3 Å². The minimum Gasteiger partial charge on any atom is -0.466 e. The summed E-state index contributed by atoms with van der Waals surface area (Å²) in [6.07, 6.45) is 30.9. The summed E-state index contributed by atoms with van der Waals surface area (Å²) in [5.74, 6) is 0.770. The topological polar surface area (TPSA) is 76.1 Å². The number of ether oxygens (including phenoxy) is 2. The standard InChI is InChI=1S/C42H83NO5/c1-6-9-12-13-14-18-26-37-47-40(45)30-20-16-15-17-24-33-43(35-36-44)34-25-19-23-32-42(4,5)38-48-41(46)31-22-21-29-39(27-10-7-2)28-11-8-3/h39,44H,6-38H2,1-5H3. The molecule has 0 aromatic heterocycles. The first kappa shape index (κ1) is 46.9. The molecule has 286 valence electrons. The Bertz CT molecular complexity index is 704. The van der Waals surface area contributed by atoms with Gasteiger partial charge in [0.25, 0.3) is 0 Å². The second-order valence-corrected chi connectivity index (χ2v) is 15.5. The molecule has 0 amide bonds. The first-order chi connectivity index (χ1) is 23.3. The van der Waals surface area contributed by atoms with Gasteiger partial charge in [-0.25, -0.2) is 0 Å². The predicted molar refractivity (Wildman–Crippen MR) is 204 cm³/mol. The smallest absolute Gasteiger partial charge is 0.305 e. The number of nitrogens with zero attached hydrogens (tertiary/aromatic N) is 1. The van der Waals surface area contributed by atoms with Crippen molar-refractivity contribution < 1.29 is 24.2 Å². The minimum absolute atomic E-state index is 0.0101. The molecule has 0 aliphatic rings. The number of carbonyl (C=O) groups is 2. The van der Waals surface area contributed by atoms with E-state index in [-0.39, 0.29) is 24.0 Å². The van der Waals surface area contributed by atoms with Crippen LogP contribution in [0.4, 0.5) is 0 Å². The van der Waals surface area contributed by atoms with Crippen LogP contribution in [0.25, 0.3) is 0 Å². The van der Waals surface area contributed by atoms with Gasteiger partial charge in [0, 0.05) is 19.4 Å². The molecular weight excluding hydrogens is 598 g/mol. The Morgan fingerprint density at radius 1 is 0.562 bits per heavy atom. The molecule has 0 aromatic rings. The van der Waals surface area contributed by atoms with E-state index in [9.17, 15) is 14.7 Å². The molecule has 0 saturated carbocycles. The molecule has 6 nitrogen and oxygen atoms in total. The van der Waals surface area contributed by atoms with Crippen molar-refractivity contribution in [3.05, 3.63) is 0 Å². The third kappa shape index (κ3) is 32.1. The van der Waals surface area contributed by atoms with E-state index in [0.29, 0.717) is 26.1 Å². The Hall–Kier alpha value is -1.14. The summed E-state index contributed by atoms with van der Waals surface area (Å²) in [5.41, 5.74) is 0.0101. The summed E-state index contributed by atoms with van der Waals surface area (Å²) in [4.78, 5) is 26.7. The van der Waals surface area contributed by atoms with Crippen LogP contribution in [0.2, 0.25) is 0 Å². The highest BCUT2D eigenvalue weighted by atomic mass is 16.5. The zero-order valence-corrected chi connectivity index (χ0v) is 32.9. The van der Waals surface area contributed by atoms with Crippen LogP contribution in [0.15, 0.2) is 0 Å². The summed E-state index contributed by atoms with van der Waals surface area (Å²) >= 11 is 0. The molecule has 0 unspecified atom stereocenters. The fourth-order valence-corrected chi connectivity index (χ4v) is 6.59. The SMILES string of the molecule is CCCCCCCCCOC(=O)CCCCCCCN(CCO)CCCCCC(C)(C)COC(=O)CCCCC(CCCC)CCCC. The number of hydrogen-bond acceptors (Lipinski definition) is 6. The lowest BCUT2D eigenvalue weighted by Gasteiger charge is -2.25. The molecule has 6 heteroatoms. The monoisotopic (exact) mass is 682 g/mol. The molecule has 48 heavy (non-hydrogen) atoms. The van der Waals surface area contributed by atoms with E-state index < -0.39 is 0 Å². The maximum atomic E-state index is 12.4. The molecule has 0 radical (unpaired) electrons. The third-order valence-corrected chi connectivity index (χ3v) is 9.91. The number of carbonyl (C=O) groups excluding carboxylic acids is 2. The van der Waals surface area contributed by atoms with Crippen molar-refractivity contribution in [2.75, 3.05) is 39.5 Å². The van der Waals surface area contributed by atoms with Crippen molar-refractivity contribution in [3.8, 4) is 0 Å². The van der Waals surface area contributed by atoms with Crippen molar-refractivity contribution in [1.82, 2.24) is 4.90 Å². The highest BCUT2D eigenvalue weighted by Gasteiger charge is 2.20. The van der Waals surface area contributed by atoms with Gasteiger partial charge in [-0.15, -0.1) is 0 Å². The van der Waals surface area contributed by atoms with E-state index in [1.807, 2.05) is 0 Å². The highest BCUT2D eigenvalue weighted by molar-refractivity contribution is 5.69. The van der Waals surface area contributed by atoms with Crippen molar-refractivity contribution in [2.45, 2.75) is 208 Å². The Morgan fingerprint density at radius 2 is 1.04 bits per heavy atom. The zero-order valence-electron chi connectivity index (χ0n) is 32.9. The molecule has 0 rings (SSSR count). The summed E-state index contributed by atoms with van der Waals surface area (Å²) in [6, 6.07) is 0.